The largest absolute Gasteiger partial charge is 0.480 e. The van der Waals surface area contributed by atoms with Crippen molar-refractivity contribution < 1.29 is 24.5 Å². The molecule has 188 valence electrons. The van der Waals surface area contributed by atoms with Crippen LogP contribution in [-0.4, -0.2) is 55.7 Å². The van der Waals surface area contributed by atoms with E-state index in [-0.39, 0.29) is 42.3 Å². The van der Waals surface area contributed by atoms with Gasteiger partial charge in [0.15, 0.2) is 5.60 Å². The standard InChI is InChI=1S/C27H29N3O6/c1-4-27(35)20-11-22-24-18(12-30(22)25(33)19(20)14-36-26(27)34)16(17-7-5-6-8-21(17)28-24)9-10-29(15(2)3)13-23(31)32/h5-8,11,15,35H,4,9-10,12-14H2,1-3H3,(H,31,32). The van der Waals surface area contributed by atoms with Gasteiger partial charge >= 0.3 is 11.9 Å². The molecule has 0 radical (unpaired) electrons. The van der Waals surface area contributed by atoms with E-state index >= 15 is 0 Å². The number of para-hydroxylation sites is 1. The Morgan fingerprint density at radius 1 is 1.25 bits per heavy atom. The number of esters is 1. The lowest BCUT2D eigenvalue weighted by Gasteiger charge is -2.31. The predicted molar refractivity (Wildman–Crippen MR) is 133 cm³/mol. The lowest BCUT2D eigenvalue weighted by atomic mass is 9.86. The number of benzene rings is 1. The third kappa shape index (κ3) is 3.70. The number of aliphatic carboxylic acids is 1. The molecule has 2 aliphatic rings. The molecule has 2 aromatic heterocycles. The molecule has 1 unspecified atom stereocenters. The summed E-state index contributed by atoms with van der Waals surface area (Å²) in [5.41, 5.74) is 2.30. The fourth-order valence-corrected chi connectivity index (χ4v) is 5.35. The average Bonchev–Trinajstić information content (AvgIpc) is 3.22. The van der Waals surface area contributed by atoms with Gasteiger partial charge in [-0.3, -0.25) is 14.5 Å². The summed E-state index contributed by atoms with van der Waals surface area (Å²) in [4.78, 5) is 44.1. The molecule has 9 nitrogen and oxygen atoms in total. The van der Waals surface area contributed by atoms with Crippen LogP contribution in [0.25, 0.3) is 22.3 Å². The number of carboxylic acids is 1. The van der Waals surface area contributed by atoms with Crippen LogP contribution in [0.3, 0.4) is 0 Å². The van der Waals surface area contributed by atoms with Crippen LogP contribution in [0.15, 0.2) is 35.1 Å². The number of aliphatic hydroxyl groups is 1. The van der Waals surface area contributed by atoms with E-state index < -0.39 is 17.5 Å². The van der Waals surface area contributed by atoms with Crippen LogP contribution >= 0.6 is 0 Å². The minimum Gasteiger partial charge on any atom is -0.480 e. The Labute approximate surface area is 207 Å². The molecular weight excluding hydrogens is 462 g/mol. The molecule has 0 saturated carbocycles. The Balaban J connectivity index is 1.66. The highest BCUT2D eigenvalue weighted by Crippen LogP contribution is 2.40. The Bertz CT molecular complexity index is 1460. The van der Waals surface area contributed by atoms with Crippen LogP contribution in [0.1, 0.15) is 49.4 Å². The zero-order valence-electron chi connectivity index (χ0n) is 20.6. The normalized spacial score (nSPS) is 18.3. The fourth-order valence-electron chi connectivity index (χ4n) is 5.35. The van der Waals surface area contributed by atoms with Crippen LogP contribution in [0.2, 0.25) is 0 Å². The molecule has 4 heterocycles. The molecule has 5 rings (SSSR count). The summed E-state index contributed by atoms with van der Waals surface area (Å²) >= 11 is 0. The van der Waals surface area contributed by atoms with Crippen molar-refractivity contribution in [2.45, 2.75) is 58.4 Å². The third-order valence-corrected chi connectivity index (χ3v) is 7.43. The minimum absolute atomic E-state index is 0.0537. The second-order valence-corrected chi connectivity index (χ2v) is 9.75. The van der Waals surface area contributed by atoms with Crippen molar-refractivity contribution in [2.75, 3.05) is 13.1 Å². The number of aromatic nitrogens is 2. The smallest absolute Gasteiger partial charge is 0.343 e. The molecule has 36 heavy (non-hydrogen) atoms. The van der Waals surface area contributed by atoms with Gasteiger partial charge in [-0.25, -0.2) is 9.78 Å². The molecule has 0 saturated heterocycles. The number of hydrogen-bond donors (Lipinski definition) is 2. The molecule has 0 amide bonds. The number of fused-ring (bicyclic) bond motifs is 5. The number of carbonyl (C=O) groups is 2. The average molecular weight is 492 g/mol. The Morgan fingerprint density at radius 3 is 2.69 bits per heavy atom. The van der Waals surface area contributed by atoms with Gasteiger partial charge in [0.05, 0.1) is 35.6 Å². The quantitative estimate of drug-likeness (QED) is 0.378. The molecule has 0 spiro atoms. The van der Waals surface area contributed by atoms with Gasteiger partial charge in [-0.1, -0.05) is 25.1 Å². The first kappa shape index (κ1) is 24.1. The maximum Gasteiger partial charge on any atom is 0.343 e. The van der Waals surface area contributed by atoms with Gasteiger partial charge in [-0.05, 0) is 44.4 Å². The number of nitrogens with zero attached hydrogens (tertiary/aromatic N) is 3. The number of carbonyl (C=O) groups excluding carboxylic acids is 1. The number of hydrogen-bond acceptors (Lipinski definition) is 7. The van der Waals surface area contributed by atoms with Crippen LogP contribution in [0, 0.1) is 0 Å². The topological polar surface area (TPSA) is 122 Å². The zero-order valence-corrected chi connectivity index (χ0v) is 20.6. The first-order chi connectivity index (χ1) is 17.2. The monoisotopic (exact) mass is 491 g/mol. The number of ether oxygens (including phenoxy) is 1. The van der Waals surface area contributed by atoms with E-state index in [2.05, 4.69) is 0 Å². The third-order valence-electron chi connectivity index (χ3n) is 7.43. The van der Waals surface area contributed by atoms with E-state index in [9.17, 15) is 24.6 Å². The summed E-state index contributed by atoms with van der Waals surface area (Å²) in [7, 11) is 0. The highest BCUT2D eigenvalue weighted by Gasteiger charge is 2.45. The highest BCUT2D eigenvalue weighted by molar-refractivity contribution is 5.89. The van der Waals surface area contributed by atoms with Gasteiger partial charge in [-0.2, -0.15) is 0 Å². The fraction of sp³-hybridized carbons (Fsp3) is 0.407. The van der Waals surface area contributed by atoms with Crippen molar-refractivity contribution in [1.82, 2.24) is 14.5 Å². The van der Waals surface area contributed by atoms with Crippen molar-refractivity contribution in [1.29, 1.82) is 0 Å². The number of cyclic esters (lactones) is 1. The van der Waals surface area contributed by atoms with E-state index in [0.29, 0.717) is 30.9 Å². The van der Waals surface area contributed by atoms with Gasteiger partial charge in [0.2, 0.25) is 0 Å². The molecule has 2 N–H and O–H groups in total. The van der Waals surface area contributed by atoms with Crippen molar-refractivity contribution in [3.63, 3.8) is 0 Å². The van der Waals surface area contributed by atoms with Crippen molar-refractivity contribution >= 4 is 22.8 Å². The van der Waals surface area contributed by atoms with Crippen LogP contribution in [0.4, 0.5) is 0 Å². The second kappa shape index (κ2) is 8.83. The van der Waals surface area contributed by atoms with Crippen LogP contribution < -0.4 is 5.56 Å². The molecule has 0 aliphatic carbocycles. The van der Waals surface area contributed by atoms with E-state index in [1.54, 1.807) is 17.6 Å². The summed E-state index contributed by atoms with van der Waals surface area (Å²) < 4.78 is 6.79. The summed E-state index contributed by atoms with van der Waals surface area (Å²) in [6.45, 7) is 6.22. The molecule has 3 aromatic rings. The van der Waals surface area contributed by atoms with Crippen molar-refractivity contribution in [2.24, 2.45) is 0 Å². The summed E-state index contributed by atoms with van der Waals surface area (Å²) in [6, 6.07) is 9.51. The van der Waals surface area contributed by atoms with Crippen molar-refractivity contribution in [3.05, 3.63) is 62.9 Å². The molecular formula is C27H29N3O6. The Hall–Kier alpha value is -3.56. The summed E-state index contributed by atoms with van der Waals surface area (Å²) in [5.74, 6) is -1.63. The molecule has 1 atom stereocenters. The summed E-state index contributed by atoms with van der Waals surface area (Å²) in [6.07, 6.45) is 0.666. The van der Waals surface area contributed by atoms with Gasteiger partial charge in [0, 0.05) is 29.1 Å². The van der Waals surface area contributed by atoms with Gasteiger partial charge < -0.3 is 19.5 Å². The Kier molecular flexibility index (Phi) is 5.92. The van der Waals surface area contributed by atoms with E-state index in [1.807, 2.05) is 43.0 Å². The van der Waals surface area contributed by atoms with Gasteiger partial charge in [0.1, 0.15) is 6.61 Å². The first-order valence-electron chi connectivity index (χ1n) is 12.2. The maximum atomic E-state index is 13.5. The minimum atomic E-state index is -1.88. The predicted octanol–water partition coefficient (Wildman–Crippen LogP) is 2.42. The number of pyridine rings is 2. The van der Waals surface area contributed by atoms with Crippen molar-refractivity contribution in [3.8, 4) is 11.4 Å². The lowest BCUT2D eigenvalue weighted by Crippen LogP contribution is -2.44. The first-order valence-corrected chi connectivity index (χ1v) is 12.2. The molecule has 0 fully saturated rings. The van der Waals surface area contributed by atoms with Crippen LogP contribution in [-0.2, 0) is 39.5 Å². The van der Waals surface area contributed by atoms with E-state index in [0.717, 1.165) is 22.0 Å². The molecule has 2 aliphatic heterocycles. The lowest BCUT2D eigenvalue weighted by molar-refractivity contribution is -0.172. The summed E-state index contributed by atoms with van der Waals surface area (Å²) in [5, 5.41) is 21.4. The van der Waals surface area contributed by atoms with Crippen LogP contribution in [0.5, 0.6) is 0 Å². The molecule has 9 heteroatoms. The highest BCUT2D eigenvalue weighted by atomic mass is 16.6. The zero-order chi connectivity index (χ0) is 25.8. The number of rotatable bonds is 7. The molecule has 1 aromatic carbocycles. The number of carboxylic acid groups (broad SMARTS) is 1. The second-order valence-electron chi connectivity index (χ2n) is 9.75. The maximum absolute atomic E-state index is 13.5. The van der Waals surface area contributed by atoms with Gasteiger partial charge in [0.25, 0.3) is 5.56 Å². The Morgan fingerprint density at radius 2 is 2.00 bits per heavy atom. The van der Waals surface area contributed by atoms with E-state index in [1.165, 1.54) is 0 Å². The van der Waals surface area contributed by atoms with Gasteiger partial charge in [-0.15, -0.1) is 0 Å². The SMILES string of the molecule is CCC1(O)C(=O)OCc2c1cc1n(c2=O)Cc2c-1nc1ccccc1c2CCN(CC(=O)O)C(C)C. The van der Waals surface area contributed by atoms with E-state index in [4.69, 9.17) is 9.72 Å². The molecule has 0 bridgehead atoms.